The number of hydrogen-bond acceptors (Lipinski definition) is 4. The van der Waals surface area contributed by atoms with E-state index in [1.807, 2.05) is 0 Å². The van der Waals surface area contributed by atoms with Crippen molar-refractivity contribution in [2.45, 2.75) is 51.3 Å². The minimum Gasteiger partial charge on any atom is -0.451 e. The lowest BCUT2D eigenvalue weighted by Gasteiger charge is -2.22. The Labute approximate surface area is 167 Å². The van der Waals surface area contributed by atoms with Crippen molar-refractivity contribution >= 4 is 17.8 Å². The Morgan fingerprint density at radius 3 is 2.28 bits per heavy atom. The number of ether oxygens (including phenoxy) is 1. The average Bonchev–Trinajstić information content (AvgIpc) is 2.70. The lowest BCUT2D eigenvalue weighted by atomic mass is 9.89. The summed E-state index contributed by atoms with van der Waals surface area (Å²) in [5.41, 5.74) is -0.898. The van der Waals surface area contributed by atoms with E-state index in [1.165, 1.54) is 13.3 Å². The summed E-state index contributed by atoms with van der Waals surface area (Å²) in [5, 5.41) is 5.03. The van der Waals surface area contributed by atoms with Crippen LogP contribution < -0.4 is 10.6 Å². The second-order valence-electron chi connectivity index (χ2n) is 7.14. The molecular weight excluding hydrogens is 389 g/mol. The molecule has 0 bridgehead atoms. The quantitative estimate of drug-likeness (QED) is 0.672. The highest BCUT2D eigenvalue weighted by molar-refractivity contribution is 5.96. The number of benzene rings is 1. The number of carbonyl (C=O) groups excluding carboxylic acids is 3. The first-order valence-electron chi connectivity index (χ1n) is 9.59. The minimum atomic E-state index is -4.49. The SMILES string of the molecule is C[C@H](OC(=O)CNC(=O)c1ccc(C(F)(F)F)cc1)C(=O)NCC1CCCCC1. The van der Waals surface area contributed by atoms with Gasteiger partial charge in [-0.1, -0.05) is 19.3 Å². The summed E-state index contributed by atoms with van der Waals surface area (Å²) in [6.07, 6.45) is 0.180. The molecule has 0 heterocycles. The highest BCUT2D eigenvalue weighted by Gasteiger charge is 2.30. The van der Waals surface area contributed by atoms with Gasteiger partial charge in [0.1, 0.15) is 6.54 Å². The van der Waals surface area contributed by atoms with Gasteiger partial charge in [-0.25, -0.2) is 0 Å². The fraction of sp³-hybridized carbons (Fsp3) is 0.550. The van der Waals surface area contributed by atoms with E-state index in [-0.39, 0.29) is 5.56 Å². The Bertz CT molecular complexity index is 713. The smallest absolute Gasteiger partial charge is 0.416 e. The van der Waals surface area contributed by atoms with Crippen LogP contribution in [0.2, 0.25) is 0 Å². The molecular formula is C20H25F3N2O4. The molecule has 1 aliphatic carbocycles. The van der Waals surface area contributed by atoms with Gasteiger partial charge in [0, 0.05) is 12.1 Å². The van der Waals surface area contributed by atoms with Crippen LogP contribution in [0.25, 0.3) is 0 Å². The second-order valence-corrected chi connectivity index (χ2v) is 7.14. The van der Waals surface area contributed by atoms with Crippen LogP contribution in [-0.2, 0) is 20.5 Å². The third-order valence-electron chi connectivity index (χ3n) is 4.83. The minimum absolute atomic E-state index is 0.0240. The molecule has 6 nitrogen and oxygen atoms in total. The lowest BCUT2D eigenvalue weighted by molar-refractivity contribution is -0.153. The van der Waals surface area contributed by atoms with Crippen LogP contribution in [0.4, 0.5) is 13.2 Å². The zero-order valence-corrected chi connectivity index (χ0v) is 16.2. The standard InChI is InChI=1S/C20H25F3N2O4/c1-13(18(27)24-11-14-5-3-2-4-6-14)29-17(26)12-25-19(28)15-7-9-16(10-8-15)20(21,22)23/h7-10,13-14H,2-6,11-12H2,1H3,(H,24,27)(H,25,28)/t13-/m0/s1. The number of nitrogens with one attached hydrogen (secondary N) is 2. The van der Waals surface area contributed by atoms with Crippen LogP contribution in [-0.4, -0.2) is 37.0 Å². The molecule has 0 saturated heterocycles. The molecule has 160 valence electrons. The largest absolute Gasteiger partial charge is 0.451 e. The van der Waals surface area contributed by atoms with Gasteiger partial charge in [0.2, 0.25) is 0 Å². The summed E-state index contributed by atoms with van der Waals surface area (Å²) in [4.78, 5) is 35.8. The maximum Gasteiger partial charge on any atom is 0.416 e. The maximum absolute atomic E-state index is 12.5. The molecule has 9 heteroatoms. The molecule has 1 aromatic carbocycles. The summed E-state index contributed by atoms with van der Waals surface area (Å²) in [7, 11) is 0. The van der Waals surface area contributed by atoms with Crippen molar-refractivity contribution in [2.75, 3.05) is 13.1 Å². The number of amides is 2. The summed E-state index contributed by atoms with van der Waals surface area (Å²) >= 11 is 0. The Balaban J connectivity index is 1.72. The van der Waals surface area contributed by atoms with Crippen molar-refractivity contribution in [3.63, 3.8) is 0 Å². The second kappa shape index (κ2) is 10.3. The third kappa shape index (κ3) is 7.40. The van der Waals surface area contributed by atoms with Gasteiger partial charge in [0.15, 0.2) is 6.10 Å². The van der Waals surface area contributed by atoms with E-state index in [0.717, 1.165) is 49.9 Å². The molecule has 0 spiro atoms. The first-order valence-corrected chi connectivity index (χ1v) is 9.59. The van der Waals surface area contributed by atoms with Crippen molar-refractivity contribution in [3.05, 3.63) is 35.4 Å². The van der Waals surface area contributed by atoms with E-state index in [0.29, 0.717) is 12.5 Å². The van der Waals surface area contributed by atoms with Gasteiger partial charge in [-0.15, -0.1) is 0 Å². The molecule has 2 amide bonds. The van der Waals surface area contributed by atoms with Crippen LogP contribution >= 0.6 is 0 Å². The molecule has 1 aliphatic rings. The van der Waals surface area contributed by atoms with Crippen molar-refractivity contribution in [1.82, 2.24) is 10.6 Å². The van der Waals surface area contributed by atoms with Gasteiger partial charge >= 0.3 is 12.1 Å². The third-order valence-corrected chi connectivity index (χ3v) is 4.83. The average molecular weight is 414 g/mol. The Hall–Kier alpha value is -2.58. The van der Waals surface area contributed by atoms with Crippen molar-refractivity contribution in [2.24, 2.45) is 5.92 Å². The first-order chi connectivity index (χ1) is 13.7. The highest BCUT2D eigenvalue weighted by atomic mass is 19.4. The molecule has 0 radical (unpaired) electrons. The number of hydrogen-bond donors (Lipinski definition) is 2. The van der Waals surface area contributed by atoms with Crippen molar-refractivity contribution in [1.29, 1.82) is 0 Å². The van der Waals surface area contributed by atoms with Gasteiger partial charge in [0.25, 0.3) is 11.8 Å². The highest BCUT2D eigenvalue weighted by Crippen LogP contribution is 2.29. The van der Waals surface area contributed by atoms with Gasteiger partial charge in [0.05, 0.1) is 5.56 Å². The van der Waals surface area contributed by atoms with Gasteiger partial charge in [-0.2, -0.15) is 13.2 Å². The van der Waals surface area contributed by atoms with Gasteiger partial charge in [-0.05, 0) is 49.9 Å². The molecule has 1 fully saturated rings. The molecule has 0 aliphatic heterocycles. The molecule has 2 rings (SSSR count). The summed E-state index contributed by atoms with van der Waals surface area (Å²) in [6, 6.07) is 3.60. The van der Waals surface area contributed by atoms with Crippen LogP contribution in [0.15, 0.2) is 24.3 Å². The van der Waals surface area contributed by atoms with Crippen LogP contribution in [0.5, 0.6) is 0 Å². The number of rotatable bonds is 7. The van der Waals surface area contributed by atoms with E-state index >= 15 is 0 Å². The Kier molecular flexibility index (Phi) is 8.04. The number of esters is 1. The van der Waals surface area contributed by atoms with Crippen molar-refractivity contribution < 1.29 is 32.3 Å². The molecule has 0 unspecified atom stereocenters. The normalized spacial score (nSPS) is 16.0. The fourth-order valence-corrected chi connectivity index (χ4v) is 3.14. The Morgan fingerprint density at radius 2 is 1.69 bits per heavy atom. The van der Waals surface area contributed by atoms with E-state index < -0.39 is 42.2 Å². The van der Waals surface area contributed by atoms with E-state index in [9.17, 15) is 27.6 Å². The maximum atomic E-state index is 12.5. The van der Waals surface area contributed by atoms with E-state index in [4.69, 9.17) is 4.74 Å². The Morgan fingerprint density at radius 1 is 1.07 bits per heavy atom. The predicted octanol–water partition coefficient (Wildman–Crippen LogP) is 3.06. The molecule has 1 saturated carbocycles. The molecule has 1 atom stereocenters. The van der Waals surface area contributed by atoms with E-state index in [2.05, 4.69) is 10.6 Å². The van der Waals surface area contributed by atoms with Crippen LogP contribution in [0, 0.1) is 5.92 Å². The number of alkyl halides is 3. The number of halogens is 3. The summed E-state index contributed by atoms with van der Waals surface area (Å²) in [6.45, 7) is 1.48. The molecule has 29 heavy (non-hydrogen) atoms. The van der Waals surface area contributed by atoms with Gasteiger partial charge < -0.3 is 15.4 Å². The summed E-state index contributed by atoms with van der Waals surface area (Å²) < 4.78 is 42.6. The summed E-state index contributed by atoms with van der Waals surface area (Å²) in [5.74, 6) is -1.49. The van der Waals surface area contributed by atoms with E-state index in [1.54, 1.807) is 0 Å². The van der Waals surface area contributed by atoms with Crippen LogP contribution in [0.1, 0.15) is 54.9 Å². The zero-order chi connectivity index (χ0) is 21.4. The fourth-order valence-electron chi connectivity index (χ4n) is 3.14. The monoisotopic (exact) mass is 414 g/mol. The lowest BCUT2D eigenvalue weighted by Crippen LogP contribution is -2.40. The van der Waals surface area contributed by atoms with Crippen molar-refractivity contribution in [3.8, 4) is 0 Å². The van der Waals surface area contributed by atoms with Crippen LogP contribution in [0.3, 0.4) is 0 Å². The van der Waals surface area contributed by atoms with Gasteiger partial charge in [-0.3, -0.25) is 14.4 Å². The zero-order valence-electron chi connectivity index (χ0n) is 16.2. The topological polar surface area (TPSA) is 84.5 Å². The molecule has 1 aromatic rings. The number of carbonyl (C=O) groups is 3. The predicted molar refractivity (Wildman–Crippen MR) is 98.9 cm³/mol. The molecule has 0 aromatic heterocycles. The first kappa shape index (κ1) is 22.7. The molecule has 2 N–H and O–H groups in total.